The Morgan fingerprint density at radius 2 is 1.96 bits per heavy atom. The first-order valence-electron chi connectivity index (χ1n) is 8.41. The lowest BCUT2D eigenvalue weighted by Crippen LogP contribution is -2.48. The molecule has 2 amide bonds. The standard InChI is InChI=1S/C19H21FN4O2/c1-10-11(2)24(12(3)25)16-6-5-14(20)8-15(16)18(10)23-17-7-4-13(9-22-17)19(21)26/h4-11,18H,1-3H3,(H2,21,26)(H,22,23)/t10-,11-,18+/m0/s1. The molecule has 2 aromatic rings. The first-order valence-corrected chi connectivity index (χ1v) is 8.41. The van der Waals surface area contributed by atoms with Gasteiger partial charge in [-0.25, -0.2) is 9.37 Å². The molecule has 1 aromatic heterocycles. The van der Waals surface area contributed by atoms with Crippen molar-refractivity contribution in [3.05, 3.63) is 53.5 Å². The van der Waals surface area contributed by atoms with E-state index in [9.17, 15) is 14.0 Å². The van der Waals surface area contributed by atoms with Gasteiger partial charge in [0.25, 0.3) is 0 Å². The molecule has 0 unspecified atom stereocenters. The van der Waals surface area contributed by atoms with Crippen molar-refractivity contribution < 1.29 is 14.0 Å². The van der Waals surface area contributed by atoms with E-state index < -0.39 is 5.91 Å². The molecule has 0 spiro atoms. The molecule has 7 heteroatoms. The van der Waals surface area contributed by atoms with Crippen LogP contribution in [0.15, 0.2) is 36.5 Å². The van der Waals surface area contributed by atoms with Crippen LogP contribution in [0, 0.1) is 11.7 Å². The Balaban J connectivity index is 2.00. The highest BCUT2D eigenvalue weighted by atomic mass is 19.1. The molecule has 3 atom stereocenters. The number of halogens is 1. The average Bonchev–Trinajstić information content (AvgIpc) is 2.59. The van der Waals surface area contributed by atoms with Crippen LogP contribution in [-0.2, 0) is 4.79 Å². The number of carbonyl (C=O) groups excluding carboxylic acids is 2. The second-order valence-corrected chi connectivity index (χ2v) is 6.61. The minimum Gasteiger partial charge on any atom is -0.366 e. The number of hydrogen-bond donors (Lipinski definition) is 2. The molecule has 6 nitrogen and oxygen atoms in total. The minimum absolute atomic E-state index is 0.00539. The summed E-state index contributed by atoms with van der Waals surface area (Å²) in [4.78, 5) is 29.2. The van der Waals surface area contributed by atoms with Crippen molar-refractivity contribution >= 4 is 23.3 Å². The van der Waals surface area contributed by atoms with Crippen LogP contribution in [0.1, 0.15) is 42.7 Å². The summed E-state index contributed by atoms with van der Waals surface area (Å²) >= 11 is 0. The van der Waals surface area contributed by atoms with Gasteiger partial charge in [-0.2, -0.15) is 0 Å². The summed E-state index contributed by atoms with van der Waals surface area (Å²) in [5.41, 5.74) is 6.94. The van der Waals surface area contributed by atoms with Crippen LogP contribution in [0.2, 0.25) is 0 Å². The van der Waals surface area contributed by atoms with Crippen molar-refractivity contribution in [2.24, 2.45) is 11.7 Å². The van der Waals surface area contributed by atoms with Gasteiger partial charge >= 0.3 is 0 Å². The van der Waals surface area contributed by atoms with Gasteiger partial charge in [-0.3, -0.25) is 9.59 Å². The lowest BCUT2D eigenvalue weighted by atomic mass is 9.82. The van der Waals surface area contributed by atoms with Crippen LogP contribution in [0.5, 0.6) is 0 Å². The maximum absolute atomic E-state index is 13.9. The van der Waals surface area contributed by atoms with E-state index >= 15 is 0 Å². The summed E-state index contributed by atoms with van der Waals surface area (Å²) in [6, 6.07) is 7.37. The number of rotatable bonds is 3. The van der Waals surface area contributed by atoms with Gasteiger partial charge in [0.1, 0.15) is 11.6 Å². The number of carbonyl (C=O) groups is 2. The quantitative estimate of drug-likeness (QED) is 0.885. The summed E-state index contributed by atoms with van der Waals surface area (Å²) in [7, 11) is 0. The molecular weight excluding hydrogens is 335 g/mol. The number of nitrogens with two attached hydrogens (primary N) is 1. The van der Waals surface area contributed by atoms with E-state index in [1.54, 1.807) is 23.1 Å². The largest absolute Gasteiger partial charge is 0.366 e. The molecule has 0 aliphatic carbocycles. The summed E-state index contributed by atoms with van der Waals surface area (Å²) in [6.45, 7) is 5.48. The number of pyridine rings is 1. The van der Waals surface area contributed by atoms with Gasteiger partial charge in [0.05, 0.1) is 11.6 Å². The molecular formula is C19H21FN4O2. The monoisotopic (exact) mass is 356 g/mol. The molecule has 0 bridgehead atoms. The average molecular weight is 356 g/mol. The fraction of sp³-hybridized carbons (Fsp3) is 0.316. The molecule has 0 saturated carbocycles. The maximum atomic E-state index is 13.9. The van der Waals surface area contributed by atoms with Crippen LogP contribution < -0.4 is 16.0 Å². The molecule has 1 aliphatic rings. The topological polar surface area (TPSA) is 88.3 Å². The lowest BCUT2D eigenvalue weighted by Gasteiger charge is -2.44. The smallest absolute Gasteiger partial charge is 0.250 e. The molecule has 0 radical (unpaired) electrons. The summed E-state index contributed by atoms with van der Waals surface area (Å²) in [5.74, 6) is -0.443. The van der Waals surface area contributed by atoms with Crippen molar-refractivity contribution in [2.45, 2.75) is 32.9 Å². The van der Waals surface area contributed by atoms with Crippen LogP contribution in [-0.4, -0.2) is 22.8 Å². The third kappa shape index (κ3) is 3.12. The van der Waals surface area contributed by atoms with E-state index in [-0.39, 0.29) is 29.7 Å². The van der Waals surface area contributed by atoms with Crippen molar-refractivity contribution in [1.82, 2.24) is 4.98 Å². The van der Waals surface area contributed by atoms with E-state index in [4.69, 9.17) is 5.73 Å². The molecule has 3 rings (SSSR count). The Morgan fingerprint density at radius 3 is 2.54 bits per heavy atom. The van der Waals surface area contributed by atoms with E-state index in [2.05, 4.69) is 10.3 Å². The van der Waals surface area contributed by atoms with Crippen LogP contribution in [0.4, 0.5) is 15.9 Å². The van der Waals surface area contributed by atoms with Crippen molar-refractivity contribution in [2.75, 3.05) is 10.2 Å². The Bertz CT molecular complexity index is 853. The zero-order valence-electron chi connectivity index (χ0n) is 14.9. The number of anilines is 2. The first kappa shape index (κ1) is 17.8. The molecule has 0 saturated heterocycles. The SMILES string of the molecule is CC(=O)N1c2ccc(F)cc2[C@H](Nc2ccc(C(N)=O)cn2)[C@@H](C)[C@@H]1C. The van der Waals surface area contributed by atoms with E-state index in [0.29, 0.717) is 22.6 Å². The molecule has 26 heavy (non-hydrogen) atoms. The second kappa shape index (κ2) is 6.74. The fourth-order valence-corrected chi connectivity index (χ4v) is 3.46. The number of benzene rings is 1. The van der Waals surface area contributed by atoms with Gasteiger partial charge in [0.2, 0.25) is 11.8 Å². The first-order chi connectivity index (χ1) is 12.3. The van der Waals surface area contributed by atoms with Crippen molar-refractivity contribution in [1.29, 1.82) is 0 Å². The molecule has 1 aromatic carbocycles. The predicted octanol–water partition coefficient (Wildman–Crippen LogP) is 2.86. The number of aromatic nitrogens is 1. The Hall–Kier alpha value is -2.96. The molecule has 1 aliphatic heterocycles. The van der Waals surface area contributed by atoms with Crippen LogP contribution in [0.3, 0.4) is 0 Å². The Labute approximate surface area is 151 Å². The van der Waals surface area contributed by atoms with Gasteiger partial charge in [0.15, 0.2) is 0 Å². The highest BCUT2D eigenvalue weighted by Gasteiger charge is 2.38. The summed E-state index contributed by atoms with van der Waals surface area (Å²) in [6.07, 6.45) is 1.40. The van der Waals surface area contributed by atoms with Crippen LogP contribution in [0.25, 0.3) is 0 Å². The van der Waals surface area contributed by atoms with Gasteiger partial charge in [-0.1, -0.05) is 6.92 Å². The Morgan fingerprint density at radius 1 is 1.23 bits per heavy atom. The normalized spacial score (nSPS) is 21.8. The van der Waals surface area contributed by atoms with Gasteiger partial charge in [0, 0.05) is 36.3 Å². The van der Waals surface area contributed by atoms with Crippen molar-refractivity contribution in [3.63, 3.8) is 0 Å². The number of hydrogen-bond acceptors (Lipinski definition) is 4. The van der Waals surface area contributed by atoms with Gasteiger partial charge < -0.3 is 16.0 Å². The fourth-order valence-electron chi connectivity index (χ4n) is 3.46. The number of nitrogens with one attached hydrogen (secondary N) is 1. The van der Waals surface area contributed by atoms with E-state index in [0.717, 1.165) is 0 Å². The number of primary amides is 1. The summed E-state index contributed by atoms with van der Waals surface area (Å²) < 4.78 is 13.9. The minimum atomic E-state index is -0.548. The molecule has 0 fully saturated rings. The molecule has 3 N–H and O–H groups in total. The maximum Gasteiger partial charge on any atom is 0.250 e. The van der Waals surface area contributed by atoms with Gasteiger partial charge in [-0.05, 0) is 37.3 Å². The van der Waals surface area contributed by atoms with Crippen molar-refractivity contribution in [3.8, 4) is 0 Å². The van der Waals surface area contributed by atoms with E-state index in [1.807, 2.05) is 13.8 Å². The third-order valence-electron chi connectivity index (χ3n) is 4.97. The number of fused-ring (bicyclic) bond motifs is 1. The molecule has 2 heterocycles. The number of amides is 2. The molecule has 136 valence electrons. The highest BCUT2D eigenvalue weighted by molar-refractivity contribution is 5.94. The van der Waals surface area contributed by atoms with Crippen LogP contribution >= 0.6 is 0 Å². The Kier molecular flexibility index (Phi) is 4.63. The lowest BCUT2D eigenvalue weighted by molar-refractivity contribution is -0.117. The van der Waals surface area contributed by atoms with E-state index in [1.165, 1.54) is 25.3 Å². The zero-order chi connectivity index (χ0) is 19.0. The number of nitrogens with zero attached hydrogens (tertiary/aromatic N) is 2. The zero-order valence-corrected chi connectivity index (χ0v) is 14.9. The second-order valence-electron chi connectivity index (χ2n) is 6.61. The third-order valence-corrected chi connectivity index (χ3v) is 4.97. The summed E-state index contributed by atoms with van der Waals surface area (Å²) in [5, 5.41) is 3.30. The highest BCUT2D eigenvalue weighted by Crippen LogP contribution is 2.42. The van der Waals surface area contributed by atoms with Gasteiger partial charge in [-0.15, -0.1) is 0 Å². The predicted molar refractivity (Wildman–Crippen MR) is 97.3 cm³/mol.